The number of ether oxygens (including phenoxy) is 1. The molecular weight excluding hydrogens is 481 g/mol. The molecule has 0 fully saturated rings. The Balaban J connectivity index is 1.62. The number of carbonyl (C=O) groups excluding carboxylic acids is 2. The Bertz CT molecular complexity index is 1580. The molecule has 0 aromatic carbocycles. The number of amides is 2. The zero-order valence-electron chi connectivity index (χ0n) is 20.4. The highest BCUT2D eigenvalue weighted by atomic mass is 19.1. The molecule has 5 rings (SSSR count). The standard InChI is InChI=1S/C25H24FN7O4/c1-14-8-16(6-7-27-14)19-9-22-32(12-21(34)29-20-5-4-17(26)10-28-20)23-18(24(35)33(22)30-19)11-31(25(23)36)15(2)13-37-3/h4-10,15H,11-13H2,1-3H3,(H,28,29,34)/t15-/m0/s1. The number of methoxy groups -OCH3 is 1. The highest BCUT2D eigenvalue weighted by molar-refractivity contribution is 5.99. The molecule has 0 bridgehead atoms. The van der Waals surface area contributed by atoms with Gasteiger partial charge in [-0.1, -0.05) is 0 Å². The summed E-state index contributed by atoms with van der Waals surface area (Å²) in [5.74, 6) is -1.27. The van der Waals surface area contributed by atoms with Crippen molar-refractivity contribution < 1.29 is 18.7 Å². The van der Waals surface area contributed by atoms with E-state index in [9.17, 15) is 18.8 Å². The number of fused-ring (bicyclic) bond motifs is 2. The first-order chi connectivity index (χ1) is 17.8. The van der Waals surface area contributed by atoms with Crippen molar-refractivity contribution in [1.82, 2.24) is 29.0 Å². The molecule has 0 radical (unpaired) electrons. The molecule has 1 atom stereocenters. The third-order valence-corrected chi connectivity index (χ3v) is 6.19. The predicted octanol–water partition coefficient (Wildman–Crippen LogP) is 2.03. The van der Waals surface area contributed by atoms with E-state index in [1.807, 2.05) is 19.9 Å². The predicted molar refractivity (Wildman–Crippen MR) is 131 cm³/mol. The molecular formula is C25H24FN7O4. The third kappa shape index (κ3) is 4.47. The van der Waals surface area contributed by atoms with Gasteiger partial charge in [-0.25, -0.2) is 9.37 Å². The number of nitrogens with zero attached hydrogens (tertiary/aromatic N) is 6. The van der Waals surface area contributed by atoms with Gasteiger partial charge in [-0.3, -0.25) is 19.4 Å². The number of carbonyl (C=O) groups is 2. The first kappa shape index (κ1) is 24.3. The summed E-state index contributed by atoms with van der Waals surface area (Å²) in [6.45, 7) is 3.72. The van der Waals surface area contributed by atoms with Crippen molar-refractivity contribution in [3.8, 4) is 11.3 Å². The van der Waals surface area contributed by atoms with Crippen molar-refractivity contribution in [2.24, 2.45) is 0 Å². The number of anilines is 1. The van der Waals surface area contributed by atoms with Crippen molar-refractivity contribution >= 4 is 23.3 Å². The largest absolute Gasteiger partial charge is 0.383 e. The summed E-state index contributed by atoms with van der Waals surface area (Å²) in [4.78, 5) is 49.6. The number of nitrogens with one attached hydrogen (secondary N) is 1. The molecule has 0 saturated heterocycles. The quantitative estimate of drug-likeness (QED) is 0.408. The van der Waals surface area contributed by atoms with Crippen molar-refractivity contribution in [3.63, 3.8) is 0 Å². The topological polar surface area (TPSA) is 124 Å². The van der Waals surface area contributed by atoms with Gasteiger partial charge in [-0.15, -0.1) is 0 Å². The summed E-state index contributed by atoms with van der Waals surface area (Å²) in [5.41, 5.74) is 2.23. The van der Waals surface area contributed by atoms with Gasteiger partial charge in [-0.05, 0) is 38.1 Å². The molecule has 12 heteroatoms. The molecule has 5 heterocycles. The minimum absolute atomic E-state index is 0.0676. The normalized spacial score (nSPS) is 13.7. The van der Waals surface area contributed by atoms with Crippen LogP contribution < -0.4 is 10.9 Å². The van der Waals surface area contributed by atoms with E-state index in [4.69, 9.17) is 4.74 Å². The lowest BCUT2D eigenvalue weighted by atomic mass is 10.2. The van der Waals surface area contributed by atoms with Gasteiger partial charge in [0.1, 0.15) is 29.5 Å². The SMILES string of the molecule is COC[C@H](C)N1Cc2c(n(CC(=O)Nc3ccc(F)cn3)c3cc(-c4ccnc(C)c4)nn3c2=O)C1=O. The van der Waals surface area contributed by atoms with Crippen molar-refractivity contribution in [2.75, 3.05) is 19.0 Å². The molecule has 37 heavy (non-hydrogen) atoms. The molecule has 0 aliphatic carbocycles. The van der Waals surface area contributed by atoms with E-state index in [-0.39, 0.29) is 54.4 Å². The van der Waals surface area contributed by atoms with Gasteiger partial charge in [0.05, 0.1) is 36.6 Å². The summed E-state index contributed by atoms with van der Waals surface area (Å²) in [5, 5.41) is 7.11. The highest BCUT2D eigenvalue weighted by Crippen LogP contribution is 2.26. The summed E-state index contributed by atoms with van der Waals surface area (Å²) in [6.07, 6.45) is 2.63. The average molecular weight is 506 g/mol. The maximum Gasteiger partial charge on any atom is 0.280 e. The molecule has 0 spiro atoms. The van der Waals surface area contributed by atoms with E-state index in [2.05, 4.69) is 20.4 Å². The van der Waals surface area contributed by atoms with E-state index in [0.29, 0.717) is 5.69 Å². The van der Waals surface area contributed by atoms with E-state index in [0.717, 1.165) is 17.5 Å². The van der Waals surface area contributed by atoms with Crippen molar-refractivity contribution in [2.45, 2.75) is 33.0 Å². The first-order valence-corrected chi connectivity index (χ1v) is 11.6. The molecule has 4 aromatic heterocycles. The monoisotopic (exact) mass is 505 g/mol. The second-order valence-electron chi connectivity index (χ2n) is 8.85. The van der Waals surface area contributed by atoms with Crippen LogP contribution in [0.5, 0.6) is 0 Å². The van der Waals surface area contributed by atoms with Crippen LogP contribution in [0.1, 0.15) is 28.7 Å². The van der Waals surface area contributed by atoms with Gasteiger partial charge in [0.25, 0.3) is 11.5 Å². The summed E-state index contributed by atoms with van der Waals surface area (Å²) < 4.78 is 21.1. The molecule has 2 amide bonds. The van der Waals surface area contributed by atoms with Crippen molar-refractivity contribution in [3.05, 3.63) is 75.8 Å². The highest BCUT2D eigenvalue weighted by Gasteiger charge is 2.37. The Hall–Kier alpha value is -4.45. The van der Waals surface area contributed by atoms with E-state index < -0.39 is 17.3 Å². The van der Waals surface area contributed by atoms with Gasteiger partial charge < -0.3 is 19.5 Å². The number of aryl methyl sites for hydroxylation is 1. The van der Waals surface area contributed by atoms with Gasteiger partial charge in [0, 0.05) is 30.6 Å². The summed E-state index contributed by atoms with van der Waals surface area (Å²) >= 11 is 0. The Morgan fingerprint density at radius 3 is 2.73 bits per heavy atom. The maximum atomic E-state index is 13.5. The van der Waals surface area contributed by atoms with E-state index in [1.165, 1.54) is 33.2 Å². The zero-order chi connectivity index (χ0) is 26.3. The van der Waals surface area contributed by atoms with Gasteiger partial charge in [-0.2, -0.15) is 9.61 Å². The number of rotatable bonds is 7. The Morgan fingerprint density at radius 1 is 1.22 bits per heavy atom. The molecule has 1 aliphatic rings. The molecule has 190 valence electrons. The Morgan fingerprint density at radius 2 is 2.03 bits per heavy atom. The van der Waals surface area contributed by atoms with Crippen molar-refractivity contribution in [1.29, 1.82) is 0 Å². The third-order valence-electron chi connectivity index (χ3n) is 6.19. The Kier molecular flexibility index (Phi) is 6.25. The van der Waals surface area contributed by atoms with Gasteiger partial charge >= 0.3 is 0 Å². The van der Waals surface area contributed by atoms with Crippen LogP contribution in [0.3, 0.4) is 0 Å². The molecule has 11 nitrogen and oxygen atoms in total. The van der Waals surface area contributed by atoms with Gasteiger partial charge in [0.2, 0.25) is 5.91 Å². The Labute approximate surface area is 210 Å². The molecule has 0 unspecified atom stereocenters. The molecule has 4 aromatic rings. The molecule has 1 N–H and O–H groups in total. The van der Waals surface area contributed by atoms with Crippen LogP contribution in [0.2, 0.25) is 0 Å². The molecule has 0 saturated carbocycles. The second-order valence-corrected chi connectivity index (χ2v) is 8.85. The van der Waals surface area contributed by atoms with Crippen LogP contribution in [-0.4, -0.2) is 60.6 Å². The minimum Gasteiger partial charge on any atom is -0.383 e. The van der Waals surface area contributed by atoms with E-state index >= 15 is 0 Å². The lowest BCUT2D eigenvalue weighted by Crippen LogP contribution is -2.37. The number of pyridine rings is 2. The number of hydrogen-bond acceptors (Lipinski definition) is 7. The minimum atomic E-state index is -0.535. The average Bonchev–Trinajstić information content (AvgIpc) is 3.46. The first-order valence-electron chi connectivity index (χ1n) is 11.6. The van der Waals surface area contributed by atoms with E-state index in [1.54, 1.807) is 18.3 Å². The van der Waals surface area contributed by atoms with Crippen LogP contribution in [0.15, 0.2) is 47.5 Å². The molecule has 1 aliphatic heterocycles. The number of hydrogen-bond donors (Lipinski definition) is 1. The number of halogens is 1. The van der Waals surface area contributed by atoms with Crippen LogP contribution in [0.25, 0.3) is 16.9 Å². The van der Waals surface area contributed by atoms with Gasteiger partial charge in [0.15, 0.2) is 0 Å². The fraction of sp³-hybridized carbons (Fsp3) is 0.280. The fourth-order valence-electron chi connectivity index (χ4n) is 4.45. The van der Waals surface area contributed by atoms with Crippen LogP contribution >= 0.6 is 0 Å². The lowest BCUT2D eigenvalue weighted by molar-refractivity contribution is -0.116. The van der Waals surface area contributed by atoms with Crippen LogP contribution in [0, 0.1) is 12.7 Å². The maximum absolute atomic E-state index is 13.5. The fourth-order valence-corrected chi connectivity index (χ4v) is 4.45. The van der Waals surface area contributed by atoms with Crippen LogP contribution in [-0.2, 0) is 22.6 Å². The second kappa shape index (κ2) is 9.54. The number of aromatic nitrogens is 5. The summed E-state index contributed by atoms with van der Waals surface area (Å²) in [6, 6.07) is 7.48. The summed E-state index contributed by atoms with van der Waals surface area (Å²) in [7, 11) is 1.54. The lowest BCUT2D eigenvalue weighted by Gasteiger charge is -2.23. The zero-order valence-corrected chi connectivity index (χ0v) is 20.4. The van der Waals surface area contributed by atoms with Crippen LogP contribution in [0.4, 0.5) is 10.2 Å². The smallest absolute Gasteiger partial charge is 0.280 e.